The molecule has 0 saturated heterocycles. The molecule has 2 aromatic carbocycles. The van der Waals surface area contributed by atoms with E-state index < -0.39 is 0 Å². The molecule has 2 nitrogen and oxygen atoms in total. The van der Waals surface area contributed by atoms with Gasteiger partial charge in [-0.15, -0.1) is 0 Å². The first-order valence-corrected chi connectivity index (χ1v) is 7.23. The Bertz CT molecular complexity index is 575. The molecule has 2 rings (SSSR count). The summed E-state index contributed by atoms with van der Waals surface area (Å²) in [6.07, 6.45) is 0. The van der Waals surface area contributed by atoms with Gasteiger partial charge in [0.15, 0.2) is 0 Å². The van der Waals surface area contributed by atoms with E-state index in [1.807, 2.05) is 0 Å². The van der Waals surface area contributed by atoms with Crippen molar-refractivity contribution in [3.63, 3.8) is 0 Å². The molecule has 1 N–H and O–H groups in total. The molecule has 2 heteroatoms. The van der Waals surface area contributed by atoms with Crippen molar-refractivity contribution >= 4 is 11.4 Å². The molecule has 0 heterocycles. The third kappa shape index (κ3) is 3.20. The van der Waals surface area contributed by atoms with E-state index in [2.05, 4.69) is 80.5 Å². The van der Waals surface area contributed by atoms with Gasteiger partial charge in [0.25, 0.3) is 0 Å². The fourth-order valence-corrected chi connectivity index (χ4v) is 2.54. The van der Waals surface area contributed by atoms with Crippen LogP contribution in [0.15, 0.2) is 42.5 Å². The van der Waals surface area contributed by atoms with Crippen molar-refractivity contribution in [1.82, 2.24) is 5.32 Å². The predicted octanol–water partition coefficient (Wildman–Crippen LogP) is 4.18. The van der Waals surface area contributed by atoms with E-state index in [1.165, 1.54) is 28.1 Å². The van der Waals surface area contributed by atoms with Crippen molar-refractivity contribution in [3.8, 4) is 0 Å². The Balaban J connectivity index is 2.27. The number of hydrogen-bond donors (Lipinski definition) is 1. The van der Waals surface area contributed by atoms with Crippen molar-refractivity contribution < 1.29 is 0 Å². The van der Waals surface area contributed by atoms with Crippen LogP contribution in [0, 0.1) is 13.8 Å². The molecule has 0 saturated carbocycles. The molecule has 0 atom stereocenters. The van der Waals surface area contributed by atoms with E-state index in [0.29, 0.717) is 0 Å². The minimum absolute atomic E-state index is 0.936. The molecule has 0 aliphatic rings. The molecule has 106 valence electrons. The molecule has 20 heavy (non-hydrogen) atoms. The van der Waals surface area contributed by atoms with E-state index in [-0.39, 0.29) is 0 Å². The average molecular weight is 268 g/mol. The zero-order chi connectivity index (χ0) is 14.5. The van der Waals surface area contributed by atoms with Gasteiger partial charge in [0.05, 0.1) is 0 Å². The van der Waals surface area contributed by atoms with Crippen LogP contribution in [0.5, 0.6) is 0 Å². The standard InChI is InChI=1S/C18H24N2/c1-5-19-13-16-10-11-18(15(3)12-16)20(4)17-9-7-6-8-14(17)2/h6-12,19H,5,13H2,1-4H3. The fraction of sp³-hybridized carbons (Fsp3) is 0.333. The number of nitrogens with zero attached hydrogens (tertiary/aromatic N) is 1. The lowest BCUT2D eigenvalue weighted by Crippen LogP contribution is -2.14. The van der Waals surface area contributed by atoms with Crippen LogP contribution in [0.2, 0.25) is 0 Å². The number of nitrogens with one attached hydrogen (secondary N) is 1. The summed E-state index contributed by atoms with van der Waals surface area (Å²) in [5.74, 6) is 0. The van der Waals surface area contributed by atoms with Crippen LogP contribution in [0.25, 0.3) is 0 Å². The maximum Gasteiger partial charge on any atom is 0.0438 e. The minimum Gasteiger partial charge on any atom is -0.344 e. The number of benzene rings is 2. The zero-order valence-corrected chi connectivity index (χ0v) is 12.9. The van der Waals surface area contributed by atoms with Gasteiger partial charge in [0.1, 0.15) is 0 Å². The highest BCUT2D eigenvalue weighted by Crippen LogP contribution is 2.29. The maximum absolute atomic E-state index is 3.37. The van der Waals surface area contributed by atoms with E-state index in [0.717, 1.165) is 13.1 Å². The van der Waals surface area contributed by atoms with Crippen molar-refractivity contribution in [1.29, 1.82) is 0 Å². The number of para-hydroxylation sites is 1. The van der Waals surface area contributed by atoms with Gasteiger partial charge in [0.2, 0.25) is 0 Å². The Hall–Kier alpha value is -1.80. The molecule has 0 spiro atoms. The number of aryl methyl sites for hydroxylation is 2. The van der Waals surface area contributed by atoms with Gasteiger partial charge in [-0.05, 0) is 49.2 Å². The normalized spacial score (nSPS) is 10.6. The van der Waals surface area contributed by atoms with Crippen molar-refractivity contribution in [2.45, 2.75) is 27.3 Å². The first-order chi connectivity index (χ1) is 9.63. The van der Waals surface area contributed by atoms with Gasteiger partial charge in [-0.25, -0.2) is 0 Å². The van der Waals surface area contributed by atoms with Crippen LogP contribution in [0.4, 0.5) is 11.4 Å². The first kappa shape index (κ1) is 14.6. The molecule has 0 aromatic heterocycles. The second kappa shape index (κ2) is 6.58. The van der Waals surface area contributed by atoms with E-state index in [1.54, 1.807) is 0 Å². The van der Waals surface area contributed by atoms with Gasteiger partial charge >= 0.3 is 0 Å². The lowest BCUT2D eigenvalue weighted by atomic mass is 10.1. The summed E-state index contributed by atoms with van der Waals surface area (Å²) in [4.78, 5) is 2.27. The summed E-state index contributed by atoms with van der Waals surface area (Å²) in [5, 5.41) is 3.37. The van der Waals surface area contributed by atoms with Crippen molar-refractivity contribution in [2.24, 2.45) is 0 Å². The minimum atomic E-state index is 0.936. The second-order valence-corrected chi connectivity index (χ2v) is 5.25. The Morgan fingerprint density at radius 2 is 1.65 bits per heavy atom. The molecule has 0 amide bonds. The number of rotatable bonds is 5. The Morgan fingerprint density at radius 3 is 2.30 bits per heavy atom. The molecule has 0 aliphatic heterocycles. The van der Waals surface area contributed by atoms with Gasteiger partial charge in [-0.2, -0.15) is 0 Å². The molecule has 2 aromatic rings. The molecule has 0 unspecified atom stereocenters. The van der Waals surface area contributed by atoms with Gasteiger partial charge in [-0.3, -0.25) is 0 Å². The van der Waals surface area contributed by atoms with Crippen LogP contribution in [0.1, 0.15) is 23.6 Å². The summed E-state index contributed by atoms with van der Waals surface area (Å²) >= 11 is 0. The third-order valence-electron chi connectivity index (χ3n) is 3.68. The van der Waals surface area contributed by atoms with Crippen LogP contribution in [-0.2, 0) is 6.54 Å². The van der Waals surface area contributed by atoms with Crippen LogP contribution in [-0.4, -0.2) is 13.6 Å². The van der Waals surface area contributed by atoms with Crippen LogP contribution in [0.3, 0.4) is 0 Å². The third-order valence-corrected chi connectivity index (χ3v) is 3.68. The van der Waals surface area contributed by atoms with E-state index in [4.69, 9.17) is 0 Å². The SMILES string of the molecule is CCNCc1ccc(N(C)c2ccccc2C)c(C)c1. The summed E-state index contributed by atoms with van der Waals surface area (Å²) < 4.78 is 0. The summed E-state index contributed by atoms with van der Waals surface area (Å²) in [6, 6.07) is 15.2. The highest BCUT2D eigenvalue weighted by Gasteiger charge is 2.09. The van der Waals surface area contributed by atoms with E-state index >= 15 is 0 Å². The average Bonchev–Trinajstić information content (AvgIpc) is 2.45. The molecular weight excluding hydrogens is 244 g/mol. The van der Waals surface area contributed by atoms with E-state index in [9.17, 15) is 0 Å². The lowest BCUT2D eigenvalue weighted by molar-refractivity contribution is 0.726. The largest absolute Gasteiger partial charge is 0.344 e. The molecule has 0 bridgehead atoms. The van der Waals surface area contributed by atoms with Gasteiger partial charge < -0.3 is 10.2 Å². The van der Waals surface area contributed by atoms with Gasteiger partial charge in [0, 0.05) is 25.0 Å². The second-order valence-electron chi connectivity index (χ2n) is 5.25. The smallest absolute Gasteiger partial charge is 0.0438 e. The Kier molecular flexibility index (Phi) is 4.80. The first-order valence-electron chi connectivity index (χ1n) is 7.23. The number of anilines is 2. The van der Waals surface area contributed by atoms with Crippen molar-refractivity contribution in [2.75, 3.05) is 18.5 Å². The Labute approximate surface area is 122 Å². The van der Waals surface area contributed by atoms with Crippen molar-refractivity contribution in [3.05, 3.63) is 59.2 Å². The van der Waals surface area contributed by atoms with Gasteiger partial charge in [-0.1, -0.05) is 37.3 Å². The highest BCUT2D eigenvalue weighted by molar-refractivity contribution is 5.68. The summed E-state index contributed by atoms with van der Waals surface area (Å²) in [5.41, 5.74) is 6.47. The summed E-state index contributed by atoms with van der Waals surface area (Å²) in [6.45, 7) is 8.41. The Morgan fingerprint density at radius 1 is 0.950 bits per heavy atom. The molecular formula is C18H24N2. The maximum atomic E-state index is 3.37. The highest BCUT2D eigenvalue weighted by atomic mass is 15.1. The topological polar surface area (TPSA) is 15.3 Å². The molecule has 0 aliphatic carbocycles. The fourth-order valence-electron chi connectivity index (χ4n) is 2.54. The van der Waals surface area contributed by atoms with Crippen LogP contribution < -0.4 is 10.2 Å². The number of hydrogen-bond acceptors (Lipinski definition) is 2. The molecule has 0 radical (unpaired) electrons. The quantitative estimate of drug-likeness (QED) is 0.875. The zero-order valence-electron chi connectivity index (χ0n) is 12.9. The predicted molar refractivity (Wildman–Crippen MR) is 87.8 cm³/mol. The molecule has 0 fully saturated rings. The lowest BCUT2D eigenvalue weighted by Gasteiger charge is -2.24. The summed E-state index contributed by atoms with van der Waals surface area (Å²) in [7, 11) is 2.13. The monoisotopic (exact) mass is 268 g/mol. The van der Waals surface area contributed by atoms with Crippen LogP contribution >= 0.6 is 0 Å².